The molecule has 0 amide bonds. The number of esters is 2. The maximum Gasteiger partial charge on any atom is 0.302 e. The molecule has 132 valence electrons. The lowest BCUT2D eigenvalue weighted by Crippen LogP contribution is -1.95. The zero-order valence-corrected chi connectivity index (χ0v) is 17.0. The van der Waals surface area contributed by atoms with Gasteiger partial charge in [0.25, 0.3) is 0 Å². The van der Waals surface area contributed by atoms with Gasteiger partial charge in [0.2, 0.25) is 0 Å². The van der Waals surface area contributed by atoms with Crippen molar-refractivity contribution in [2.75, 3.05) is 29.2 Å². The van der Waals surface area contributed by atoms with Gasteiger partial charge in [-0.05, 0) is 13.8 Å². The van der Waals surface area contributed by atoms with Gasteiger partial charge in [-0.1, -0.05) is 0 Å². The fraction of sp³-hybridized carbons (Fsp3) is 0.818. The van der Waals surface area contributed by atoms with Crippen molar-refractivity contribution >= 4 is 81.5 Å². The molecular formula is C11H22Cl6O4. The number of halogens is 6. The normalized spacial score (nSPS) is 6.95. The second-order valence-electron chi connectivity index (χ2n) is 2.15. The SMILES string of the molecule is CCOC(C)=O.CCOC(C)=O.ClCCl.ClCCl.ClCCl. The molecule has 0 aromatic rings. The maximum absolute atomic E-state index is 9.82. The monoisotopic (exact) mass is 428 g/mol. The van der Waals surface area contributed by atoms with E-state index in [0.29, 0.717) is 13.2 Å². The topological polar surface area (TPSA) is 52.6 Å². The Labute approximate surface area is 157 Å². The van der Waals surface area contributed by atoms with E-state index in [1.807, 2.05) is 0 Å². The molecule has 0 aliphatic rings. The first-order chi connectivity index (χ1) is 9.78. The van der Waals surface area contributed by atoms with E-state index < -0.39 is 0 Å². The molecule has 0 atom stereocenters. The molecular weight excluding hydrogens is 409 g/mol. The Hall–Kier alpha value is 0.680. The van der Waals surface area contributed by atoms with Crippen molar-refractivity contribution in [1.82, 2.24) is 0 Å². The van der Waals surface area contributed by atoms with E-state index in [1.54, 1.807) is 13.8 Å². The summed E-state index contributed by atoms with van der Waals surface area (Å²) in [5.74, 6) is -0.421. The van der Waals surface area contributed by atoms with Crippen molar-refractivity contribution in [3.8, 4) is 0 Å². The van der Waals surface area contributed by atoms with Crippen molar-refractivity contribution in [2.24, 2.45) is 0 Å². The van der Waals surface area contributed by atoms with Crippen LogP contribution < -0.4 is 0 Å². The summed E-state index contributed by atoms with van der Waals surface area (Å²) in [6, 6.07) is 0. The Morgan fingerprint density at radius 1 is 0.667 bits per heavy atom. The fourth-order valence-electron chi connectivity index (χ4n) is 0.407. The molecule has 0 saturated heterocycles. The first-order valence-corrected chi connectivity index (χ1v) is 8.62. The summed E-state index contributed by atoms with van der Waals surface area (Å²) in [4.78, 5) is 19.6. The molecule has 10 heteroatoms. The molecule has 0 aromatic heterocycles. The third-order valence-corrected chi connectivity index (χ3v) is 0.695. The van der Waals surface area contributed by atoms with Gasteiger partial charge >= 0.3 is 11.9 Å². The minimum Gasteiger partial charge on any atom is -0.466 e. The second-order valence-corrected chi connectivity index (χ2v) is 4.58. The van der Waals surface area contributed by atoms with Crippen LogP contribution in [0.4, 0.5) is 0 Å². The Morgan fingerprint density at radius 2 is 0.810 bits per heavy atom. The molecule has 0 rings (SSSR count). The van der Waals surface area contributed by atoms with Crippen LogP contribution in [-0.4, -0.2) is 41.2 Å². The molecule has 0 saturated carbocycles. The van der Waals surface area contributed by atoms with Crippen LogP contribution in [-0.2, 0) is 19.1 Å². The zero-order chi connectivity index (χ0) is 18.1. The van der Waals surface area contributed by atoms with Gasteiger partial charge in [0.15, 0.2) is 0 Å². The van der Waals surface area contributed by atoms with Crippen LogP contribution in [0.15, 0.2) is 0 Å². The van der Waals surface area contributed by atoms with Crippen LogP contribution in [0.3, 0.4) is 0 Å². The largest absolute Gasteiger partial charge is 0.466 e. The molecule has 0 radical (unpaired) electrons. The quantitative estimate of drug-likeness (QED) is 0.434. The summed E-state index contributed by atoms with van der Waals surface area (Å²) in [7, 11) is 0. The van der Waals surface area contributed by atoms with Crippen LogP contribution in [0, 0.1) is 0 Å². The van der Waals surface area contributed by atoms with Crippen LogP contribution in [0.1, 0.15) is 27.7 Å². The molecule has 0 aromatic carbocycles. The number of ether oxygens (including phenoxy) is 2. The van der Waals surface area contributed by atoms with Crippen LogP contribution >= 0.6 is 69.6 Å². The van der Waals surface area contributed by atoms with Crippen molar-refractivity contribution in [1.29, 1.82) is 0 Å². The molecule has 4 nitrogen and oxygen atoms in total. The van der Waals surface area contributed by atoms with E-state index in [1.165, 1.54) is 13.8 Å². The van der Waals surface area contributed by atoms with E-state index in [9.17, 15) is 9.59 Å². The van der Waals surface area contributed by atoms with Crippen molar-refractivity contribution < 1.29 is 19.1 Å². The van der Waals surface area contributed by atoms with Gasteiger partial charge in [-0.15, -0.1) is 69.6 Å². The minimum atomic E-state index is -0.211. The van der Waals surface area contributed by atoms with Gasteiger partial charge in [0.1, 0.15) is 0 Å². The molecule has 0 bridgehead atoms. The molecule has 0 fully saturated rings. The van der Waals surface area contributed by atoms with Gasteiger partial charge in [0.05, 0.1) is 29.2 Å². The average molecular weight is 431 g/mol. The predicted octanol–water partition coefficient (Wildman–Crippen LogP) is 5.40. The third kappa shape index (κ3) is 162. The number of carbonyl (C=O) groups is 2. The summed E-state index contributed by atoms with van der Waals surface area (Å²) in [6.07, 6.45) is 0. The highest BCUT2D eigenvalue weighted by molar-refractivity contribution is 6.41. The molecule has 21 heavy (non-hydrogen) atoms. The molecule has 0 aliphatic carbocycles. The smallest absolute Gasteiger partial charge is 0.302 e. The minimum absolute atomic E-state index is 0.194. The van der Waals surface area contributed by atoms with E-state index in [2.05, 4.69) is 9.47 Å². The lowest BCUT2D eigenvalue weighted by Gasteiger charge is -1.89. The van der Waals surface area contributed by atoms with Crippen LogP contribution in [0.2, 0.25) is 0 Å². The Kier molecular flexibility index (Phi) is 67.9. The molecule has 0 spiro atoms. The van der Waals surface area contributed by atoms with Gasteiger partial charge in [-0.2, -0.15) is 0 Å². The summed E-state index contributed by atoms with van der Waals surface area (Å²) in [5, 5.41) is 0.583. The number of hydrogen-bond acceptors (Lipinski definition) is 4. The molecule has 0 unspecified atom stereocenters. The Balaban J connectivity index is -0.0000000533. The molecule has 0 heterocycles. The summed E-state index contributed by atoms with van der Waals surface area (Å²) < 4.78 is 8.81. The first kappa shape index (κ1) is 33.3. The Morgan fingerprint density at radius 3 is 0.810 bits per heavy atom. The van der Waals surface area contributed by atoms with Gasteiger partial charge < -0.3 is 9.47 Å². The zero-order valence-electron chi connectivity index (χ0n) is 12.4. The third-order valence-electron chi connectivity index (χ3n) is 0.695. The summed E-state index contributed by atoms with van der Waals surface area (Å²) in [5.41, 5.74) is 0. The maximum atomic E-state index is 9.82. The number of rotatable bonds is 2. The standard InChI is InChI=1S/2C4H8O2.3CH2Cl2/c2*1-3-6-4(2)5;3*2-1-3/h2*3H2,1-2H3;3*1H2. The lowest BCUT2D eigenvalue weighted by atomic mass is 10.8. The average Bonchev–Trinajstić information content (AvgIpc) is 2.32. The molecule has 0 aliphatic heterocycles. The second kappa shape index (κ2) is 42.8. The highest BCUT2D eigenvalue weighted by Gasteiger charge is 1.82. The van der Waals surface area contributed by atoms with Crippen molar-refractivity contribution in [3.63, 3.8) is 0 Å². The number of alkyl halides is 6. The fourth-order valence-corrected chi connectivity index (χ4v) is 0.407. The van der Waals surface area contributed by atoms with Gasteiger partial charge in [0, 0.05) is 13.8 Å². The number of carbonyl (C=O) groups excluding carboxylic acids is 2. The first-order valence-electron chi connectivity index (χ1n) is 5.41. The van der Waals surface area contributed by atoms with Gasteiger partial charge in [-0.25, -0.2) is 0 Å². The van der Waals surface area contributed by atoms with Crippen molar-refractivity contribution in [2.45, 2.75) is 27.7 Å². The highest BCUT2D eigenvalue weighted by Crippen LogP contribution is 1.74. The summed E-state index contributed by atoms with van der Waals surface area (Å²) in [6.45, 7) is 7.31. The van der Waals surface area contributed by atoms with E-state index in [0.717, 1.165) is 0 Å². The van der Waals surface area contributed by atoms with Crippen molar-refractivity contribution in [3.05, 3.63) is 0 Å². The predicted molar refractivity (Wildman–Crippen MR) is 94.3 cm³/mol. The van der Waals surface area contributed by atoms with Crippen LogP contribution in [0.25, 0.3) is 0 Å². The summed E-state index contributed by atoms with van der Waals surface area (Å²) >= 11 is 28.6. The van der Waals surface area contributed by atoms with E-state index in [4.69, 9.17) is 69.6 Å². The van der Waals surface area contributed by atoms with E-state index >= 15 is 0 Å². The Bertz CT molecular complexity index is 163. The van der Waals surface area contributed by atoms with Gasteiger partial charge in [-0.3, -0.25) is 9.59 Å². The number of hydrogen-bond donors (Lipinski definition) is 0. The molecule has 0 N–H and O–H groups in total. The van der Waals surface area contributed by atoms with E-state index in [-0.39, 0.29) is 28.0 Å². The highest BCUT2D eigenvalue weighted by atomic mass is 35.5. The van der Waals surface area contributed by atoms with Crippen LogP contribution in [0.5, 0.6) is 0 Å². The lowest BCUT2D eigenvalue weighted by molar-refractivity contribution is -0.141.